The molecule has 1 heterocycles. The number of nitrogens with zero attached hydrogens (tertiary/aromatic N) is 1. The van der Waals surface area contributed by atoms with Crippen molar-refractivity contribution in [1.29, 1.82) is 0 Å². The molecule has 0 unspecified atom stereocenters. The van der Waals surface area contributed by atoms with E-state index >= 15 is 0 Å². The van der Waals surface area contributed by atoms with Gasteiger partial charge in [-0.25, -0.2) is 9.18 Å². The van der Waals surface area contributed by atoms with Crippen LogP contribution < -0.4 is 15.5 Å². The van der Waals surface area contributed by atoms with E-state index in [0.29, 0.717) is 18.8 Å². The highest BCUT2D eigenvalue weighted by molar-refractivity contribution is 5.96. The number of carbonyl (C=O) groups is 2. The molecule has 24 heavy (non-hydrogen) atoms. The maximum atomic E-state index is 13.0. The van der Waals surface area contributed by atoms with Crippen LogP contribution in [0.3, 0.4) is 0 Å². The first-order valence-electron chi connectivity index (χ1n) is 7.76. The summed E-state index contributed by atoms with van der Waals surface area (Å²) in [6, 6.07) is 14.8. The van der Waals surface area contributed by atoms with E-state index in [1.54, 1.807) is 17.0 Å². The summed E-state index contributed by atoms with van der Waals surface area (Å²) in [6.45, 7) is 0.804. The lowest BCUT2D eigenvalue weighted by Gasteiger charge is -2.17. The lowest BCUT2D eigenvalue weighted by Crippen LogP contribution is -2.43. The van der Waals surface area contributed by atoms with E-state index < -0.39 is 0 Å². The lowest BCUT2D eigenvalue weighted by atomic mass is 10.2. The van der Waals surface area contributed by atoms with Crippen molar-refractivity contribution in [3.05, 3.63) is 66.0 Å². The Labute approximate surface area is 139 Å². The Hall–Kier alpha value is -2.89. The largest absolute Gasteiger partial charge is 0.334 e. The molecule has 0 radical (unpaired) electrons. The van der Waals surface area contributed by atoms with Gasteiger partial charge in [0.1, 0.15) is 5.82 Å². The zero-order chi connectivity index (χ0) is 16.9. The highest BCUT2D eigenvalue weighted by Crippen LogP contribution is 2.21. The van der Waals surface area contributed by atoms with Gasteiger partial charge in [0.25, 0.3) is 0 Å². The molecule has 2 N–H and O–H groups in total. The van der Waals surface area contributed by atoms with Gasteiger partial charge < -0.3 is 15.5 Å². The summed E-state index contributed by atoms with van der Waals surface area (Å²) in [7, 11) is 0. The molecular formula is C18H18FN3O2. The second-order valence-corrected chi connectivity index (χ2v) is 5.69. The van der Waals surface area contributed by atoms with Crippen molar-refractivity contribution in [1.82, 2.24) is 10.6 Å². The maximum absolute atomic E-state index is 13.0. The van der Waals surface area contributed by atoms with Crippen LogP contribution in [0.25, 0.3) is 0 Å². The van der Waals surface area contributed by atoms with Crippen LogP contribution in [0, 0.1) is 5.82 Å². The maximum Gasteiger partial charge on any atom is 0.315 e. The predicted octanol–water partition coefficient (Wildman–Crippen LogP) is 2.43. The van der Waals surface area contributed by atoms with Crippen LogP contribution in [0.2, 0.25) is 0 Å². The molecule has 1 fully saturated rings. The zero-order valence-electron chi connectivity index (χ0n) is 13.0. The third kappa shape index (κ3) is 3.90. The summed E-state index contributed by atoms with van der Waals surface area (Å²) in [5.41, 5.74) is 1.64. The quantitative estimate of drug-likeness (QED) is 0.906. The molecule has 0 saturated carbocycles. The smallest absolute Gasteiger partial charge is 0.315 e. The fourth-order valence-electron chi connectivity index (χ4n) is 2.69. The van der Waals surface area contributed by atoms with Crippen LogP contribution in [0.1, 0.15) is 12.0 Å². The summed E-state index contributed by atoms with van der Waals surface area (Å²) in [5.74, 6) is -0.435. The van der Waals surface area contributed by atoms with Gasteiger partial charge in [0.05, 0.1) is 6.04 Å². The van der Waals surface area contributed by atoms with Crippen LogP contribution in [0.15, 0.2) is 54.6 Å². The molecule has 0 spiro atoms. The van der Waals surface area contributed by atoms with E-state index in [9.17, 15) is 14.0 Å². The molecule has 2 aromatic rings. The number of carbonyl (C=O) groups excluding carboxylic acids is 2. The highest BCUT2D eigenvalue weighted by atomic mass is 19.1. The predicted molar refractivity (Wildman–Crippen MR) is 89.0 cm³/mol. The van der Waals surface area contributed by atoms with Gasteiger partial charge in [-0.15, -0.1) is 0 Å². The van der Waals surface area contributed by atoms with Crippen LogP contribution in [-0.4, -0.2) is 24.5 Å². The number of benzene rings is 2. The zero-order valence-corrected chi connectivity index (χ0v) is 13.0. The molecule has 0 bridgehead atoms. The Kier molecular flexibility index (Phi) is 4.74. The van der Waals surface area contributed by atoms with Crippen LogP contribution in [-0.2, 0) is 11.3 Å². The second-order valence-electron chi connectivity index (χ2n) is 5.69. The van der Waals surface area contributed by atoms with Crippen molar-refractivity contribution in [2.24, 2.45) is 0 Å². The Balaban J connectivity index is 1.52. The minimum Gasteiger partial charge on any atom is -0.334 e. The Morgan fingerprint density at radius 2 is 1.83 bits per heavy atom. The molecule has 1 atom stereocenters. The first-order valence-corrected chi connectivity index (χ1v) is 7.76. The van der Waals surface area contributed by atoms with Gasteiger partial charge in [0, 0.05) is 25.2 Å². The number of urea groups is 1. The first-order chi connectivity index (χ1) is 11.6. The number of halogens is 1. The highest BCUT2D eigenvalue weighted by Gasteiger charge is 2.31. The van der Waals surface area contributed by atoms with Crippen LogP contribution in [0.5, 0.6) is 0 Å². The molecule has 3 amide bonds. The fraction of sp³-hybridized carbons (Fsp3) is 0.222. The first kappa shape index (κ1) is 16.0. The van der Waals surface area contributed by atoms with Gasteiger partial charge in [-0.1, -0.05) is 30.3 Å². The number of hydrogen-bond acceptors (Lipinski definition) is 2. The third-order valence-corrected chi connectivity index (χ3v) is 3.89. The summed E-state index contributed by atoms with van der Waals surface area (Å²) < 4.78 is 13.0. The van der Waals surface area contributed by atoms with E-state index in [-0.39, 0.29) is 30.2 Å². The van der Waals surface area contributed by atoms with Gasteiger partial charge >= 0.3 is 6.03 Å². The van der Waals surface area contributed by atoms with Crippen molar-refractivity contribution in [2.45, 2.75) is 19.0 Å². The lowest BCUT2D eigenvalue weighted by molar-refractivity contribution is -0.117. The van der Waals surface area contributed by atoms with E-state index in [2.05, 4.69) is 10.6 Å². The van der Waals surface area contributed by atoms with E-state index in [0.717, 1.165) is 5.56 Å². The molecule has 2 aromatic carbocycles. The second kappa shape index (κ2) is 7.12. The molecule has 0 aliphatic carbocycles. The topological polar surface area (TPSA) is 61.4 Å². The normalized spacial score (nSPS) is 17.0. The monoisotopic (exact) mass is 327 g/mol. The van der Waals surface area contributed by atoms with Crippen molar-refractivity contribution in [3.63, 3.8) is 0 Å². The Morgan fingerprint density at radius 1 is 1.12 bits per heavy atom. The number of nitrogens with one attached hydrogen (secondary N) is 2. The minimum absolute atomic E-state index is 0.0880. The van der Waals surface area contributed by atoms with Gasteiger partial charge in [-0.3, -0.25) is 4.79 Å². The fourth-order valence-corrected chi connectivity index (χ4v) is 2.69. The number of anilines is 1. The minimum atomic E-state index is -0.347. The van der Waals surface area contributed by atoms with E-state index in [1.165, 1.54) is 12.1 Å². The van der Waals surface area contributed by atoms with E-state index in [4.69, 9.17) is 0 Å². The van der Waals surface area contributed by atoms with Gasteiger partial charge in [-0.2, -0.15) is 0 Å². The summed E-state index contributed by atoms with van der Waals surface area (Å²) >= 11 is 0. The molecule has 124 valence electrons. The van der Waals surface area contributed by atoms with Crippen molar-refractivity contribution in [3.8, 4) is 0 Å². The molecule has 1 aliphatic heterocycles. The molecule has 0 aromatic heterocycles. The molecule has 1 saturated heterocycles. The summed E-state index contributed by atoms with van der Waals surface area (Å²) in [6.07, 6.45) is 0.232. The Bertz CT molecular complexity index is 719. The number of hydrogen-bond donors (Lipinski definition) is 2. The average molecular weight is 327 g/mol. The third-order valence-electron chi connectivity index (χ3n) is 3.89. The number of rotatable bonds is 4. The van der Waals surface area contributed by atoms with Crippen molar-refractivity contribution < 1.29 is 14.0 Å². The van der Waals surface area contributed by atoms with Crippen molar-refractivity contribution >= 4 is 17.6 Å². The molecule has 1 aliphatic rings. The molecular weight excluding hydrogens is 309 g/mol. The van der Waals surface area contributed by atoms with Crippen LogP contribution in [0.4, 0.5) is 14.9 Å². The molecule has 3 rings (SSSR count). The van der Waals surface area contributed by atoms with Crippen molar-refractivity contribution in [2.75, 3.05) is 11.4 Å². The van der Waals surface area contributed by atoms with Gasteiger partial charge in [0.15, 0.2) is 0 Å². The average Bonchev–Trinajstić information content (AvgIpc) is 2.95. The van der Waals surface area contributed by atoms with Crippen LogP contribution >= 0.6 is 0 Å². The Morgan fingerprint density at radius 3 is 2.54 bits per heavy atom. The molecule has 5 nitrogen and oxygen atoms in total. The van der Waals surface area contributed by atoms with Gasteiger partial charge in [-0.05, 0) is 29.8 Å². The SMILES string of the molecule is O=C(NCc1ccccc1)N[C@@H]1CC(=O)N(c2ccc(F)cc2)C1. The summed E-state index contributed by atoms with van der Waals surface area (Å²) in [5, 5.41) is 5.58. The van der Waals surface area contributed by atoms with E-state index in [1.807, 2.05) is 30.3 Å². The standard InChI is InChI=1S/C18H18FN3O2/c19-14-6-8-16(9-7-14)22-12-15(10-17(22)23)21-18(24)20-11-13-4-2-1-3-5-13/h1-9,15H,10-12H2,(H2,20,21,24)/t15-/m1/s1. The number of amides is 3. The van der Waals surface area contributed by atoms with Gasteiger partial charge in [0.2, 0.25) is 5.91 Å². The summed E-state index contributed by atoms with van der Waals surface area (Å²) in [4.78, 5) is 25.6. The molecule has 6 heteroatoms.